The number of hydrogen-bond donors (Lipinski definition) is 1. The van der Waals surface area contributed by atoms with Crippen LogP contribution >= 0.6 is 0 Å². The molecule has 0 bridgehead atoms. The lowest BCUT2D eigenvalue weighted by molar-refractivity contribution is 0.253. The van der Waals surface area contributed by atoms with Crippen LogP contribution in [0.4, 0.5) is 10.5 Å². The zero-order valence-corrected chi connectivity index (χ0v) is 11.3. The number of benzene rings is 1. The lowest BCUT2D eigenvalue weighted by Crippen LogP contribution is -2.36. The number of nitrogens with zero attached hydrogens (tertiary/aromatic N) is 1. The second-order valence-electron chi connectivity index (χ2n) is 4.59. The van der Waals surface area contributed by atoms with Gasteiger partial charge in [0.15, 0.2) is 0 Å². The first-order valence-corrected chi connectivity index (χ1v) is 6.87. The Balaban J connectivity index is 2.34. The van der Waals surface area contributed by atoms with Gasteiger partial charge in [0.05, 0.1) is 0 Å². The largest absolute Gasteiger partial charge is 0.351 e. The Labute approximate surface area is 110 Å². The van der Waals surface area contributed by atoms with Gasteiger partial charge in [-0.05, 0) is 18.6 Å². The SMILES string of the molecule is CCCCCCCCN(C(N)=O)c1ccccc1. The number of urea groups is 1. The van der Waals surface area contributed by atoms with Crippen LogP contribution in [-0.2, 0) is 0 Å². The molecule has 0 aromatic heterocycles. The molecule has 18 heavy (non-hydrogen) atoms. The topological polar surface area (TPSA) is 46.3 Å². The third-order valence-electron chi connectivity index (χ3n) is 3.07. The number of hydrogen-bond acceptors (Lipinski definition) is 1. The molecule has 2 amide bonds. The van der Waals surface area contributed by atoms with Gasteiger partial charge in [-0.25, -0.2) is 4.79 Å². The van der Waals surface area contributed by atoms with E-state index < -0.39 is 0 Å². The van der Waals surface area contributed by atoms with Crippen molar-refractivity contribution in [3.8, 4) is 0 Å². The maximum absolute atomic E-state index is 11.4. The number of carbonyl (C=O) groups is 1. The van der Waals surface area contributed by atoms with Crippen LogP contribution in [0.2, 0.25) is 0 Å². The number of nitrogens with two attached hydrogens (primary N) is 1. The fourth-order valence-electron chi connectivity index (χ4n) is 2.02. The molecule has 0 unspecified atom stereocenters. The van der Waals surface area contributed by atoms with Crippen molar-refractivity contribution < 1.29 is 4.79 Å². The van der Waals surface area contributed by atoms with Crippen LogP contribution in [0.1, 0.15) is 45.4 Å². The summed E-state index contributed by atoms with van der Waals surface area (Å²) >= 11 is 0. The van der Waals surface area contributed by atoms with Gasteiger partial charge in [0.2, 0.25) is 0 Å². The first-order chi connectivity index (χ1) is 8.75. The van der Waals surface area contributed by atoms with E-state index >= 15 is 0 Å². The maximum Gasteiger partial charge on any atom is 0.319 e. The van der Waals surface area contributed by atoms with E-state index in [1.165, 1.54) is 25.7 Å². The van der Waals surface area contributed by atoms with Crippen molar-refractivity contribution >= 4 is 11.7 Å². The Morgan fingerprint density at radius 3 is 2.28 bits per heavy atom. The Bertz CT molecular complexity index is 338. The molecule has 0 aliphatic carbocycles. The van der Waals surface area contributed by atoms with E-state index in [1.54, 1.807) is 4.90 Å². The van der Waals surface area contributed by atoms with Crippen molar-refractivity contribution in [3.05, 3.63) is 30.3 Å². The number of para-hydroxylation sites is 1. The monoisotopic (exact) mass is 248 g/mol. The van der Waals surface area contributed by atoms with Crippen molar-refractivity contribution in [1.29, 1.82) is 0 Å². The lowest BCUT2D eigenvalue weighted by atomic mass is 10.1. The van der Waals surface area contributed by atoms with Crippen LogP contribution in [0.5, 0.6) is 0 Å². The smallest absolute Gasteiger partial charge is 0.319 e. The van der Waals surface area contributed by atoms with Gasteiger partial charge in [-0.15, -0.1) is 0 Å². The van der Waals surface area contributed by atoms with E-state index in [0.29, 0.717) is 6.54 Å². The molecule has 0 saturated heterocycles. The maximum atomic E-state index is 11.4. The highest BCUT2D eigenvalue weighted by atomic mass is 16.2. The first kappa shape index (κ1) is 14.6. The Morgan fingerprint density at radius 2 is 1.67 bits per heavy atom. The highest BCUT2D eigenvalue weighted by molar-refractivity contribution is 5.90. The fourth-order valence-corrected chi connectivity index (χ4v) is 2.02. The number of primary amides is 1. The van der Waals surface area contributed by atoms with E-state index in [1.807, 2.05) is 30.3 Å². The van der Waals surface area contributed by atoms with Gasteiger partial charge in [-0.3, -0.25) is 4.90 Å². The van der Waals surface area contributed by atoms with E-state index in [0.717, 1.165) is 18.5 Å². The molecule has 0 aliphatic heterocycles. The molecule has 0 atom stereocenters. The summed E-state index contributed by atoms with van der Waals surface area (Å²) in [5.74, 6) is 0. The summed E-state index contributed by atoms with van der Waals surface area (Å²) in [4.78, 5) is 13.1. The van der Waals surface area contributed by atoms with Crippen molar-refractivity contribution in [2.24, 2.45) is 5.73 Å². The minimum atomic E-state index is -0.366. The molecule has 3 heteroatoms. The molecule has 0 spiro atoms. The van der Waals surface area contributed by atoms with Crippen LogP contribution in [0.25, 0.3) is 0 Å². The Morgan fingerprint density at radius 1 is 1.06 bits per heavy atom. The van der Waals surface area contributed by atoms with E-state index in [-0.39, 0.29) is 6.03 Å². The predicted octanol–water partition coefficient (Wildman–Crippen LogP) is 3.93. The second kappa shape index (κ2) is 8.56. The third kappa shape index (κ3) is 5.21. The second-order valence-corrected chi connectivity index (χ2v) is 4.59. The molecule has 1 aromatic carbocycles. The molecule has 0 heterocycles. The van der Waals surface area contributed by atoms with Crippen LogP contribution in [0.15, 0.2) is 30.3 Å². The van der Waals surface area contributed by atoms with Gasteiger partial charge in [0.1, 0.15) is 0 Å². The van der Waals surface area contributed by atoms with E-state index in [4.69, 9.17) is 5.73 Å². The van der Waals surface area contributed by atoms with Gasteiger partial charge in [0.25, 0.3) is 0 Å². The molecular formula is C15H24N2O. The third-order valence-corrected chi connectivity index (χ3v) is 3.07. The number of carbonyl (C=O) groups excluding carboxylic acids is 1. The number of rotatable bonds is 8. The summed E-state index contributed by atoms with van der Waals surface area (Å²) in [6.07, 6.45) is 7.28. The summed E-state index contributed by atoms with van der Waals surface area (Å²) in [6.45, 7) is 2.93. The summed E-state index contributed by atoms with van der Waals surface area (Å²) in [6, 6.07) is 9.26. The summed E-state index contributed by atoms with van der Waals surface area (Å²) < 4.78 is 0. The summed E-state index contributed by atoms with van der Waals surface area (Å²) in [5.41, 5.74) is 6.31. The summed E-state index contributed by atoms with van der Waals surface area (Å²) in [5, 5.41) is 0. The van der Waals surface area contributed by atoms with E-state index in [9.17, 15) is 4.79 Å². The molecule has 1 aromatic rings. The molecule has 3 nitrogen and oxygen atoms in total. The highest BCUT2D eigenvalue weighted by Crippen LogP contribution is 2.14. The van der Waals surface area contributed by atoms with E-state index in [2.05, 4.69) is 6.92 Å². The minimum absolute atomic E-state index is 0.366. The molecule has 0 saturated carbocycles. The van der Waals surface area contributed by atoms with Crippen molar-refractivity contribution in [2.75, 3.05) is 11.4 Å². The number of amides is 2. The highest BCUT2D eigenvalue weighted by Gasteiger charge is 2.10. The molecular weight excluding hydrogens is 224 g/mol. The normalized spacial score (nSPS) is 10.3. The Kier molecular flexibility index (Phi) is 6.92. The molecule has 0 radical (unpaired) electrons. The lowest BCUT2D eigenvalue weighted by Gasteiger charge is -2.20. The van der Waals surface area contributed by atoms with Crippen molar-refractivity contribution in [1.82, 2.24) is 0 Å². The van der Waals surface area contributed by atoms with Crippen LogP contribution in [-0.4, -0.2) is 12.6 Å². The Hall–Kier alpha value is -1.51. The van der Waals surface area contributed by atoms with Gasteiger partial charge in [-0.1, -0.05) is 57.2 Å². The average molecular weight is 248 g/mol. The standard InChI is InChI=1S/C15H24N2O/c1-2-3-4-5-6-10-13-17(15(16)18)14-11-8-7-9-12-14/h7-9,11-12H,2-6,10,13H2,1H3,(H2,16,18). The van der Waals surface area contributed by atoms with Gasteiger partial charge in [-0.2, -0.15) is 0 Å². The molecule has 1 rings (SSSR count). The van der Waals surface area contributed by atoms with Crippen LogP contribution < -0.4 is 10.6 Å². The minimum Gasteiger partial charge on any atom is -0.351 e. The van der Waals surface area contributed by atoms with Crippen LogP contribution in [0.3, 0.4) is 0 Å². The average Bonchev–Trinajstić information content (AvgIpc) is 2.38. The molecule has 0 aliphatic rings. The number of anilines is 1. The zero-order valence-electron chi connectivity index (χ0n) is 11.3. The summed E-state index contributed by atoms with van der Waals surface area (Å²) in [7, 11) is 0. The molecule has 0 fully saturated rings. The van der Waals surface area contributed by atoms with Crippen molar-refractivity contribution in [3.63, 3.8) is 0 Å². The molecule has 2 N–H and O–H groups in total. The van der Waals surface area contributed by atoms with Gasteiger partial charge in [0, 0.05) is 12.2 Å². The number of unbranched alkanes of at least 4 members (excludes halogenated alkanes) is 5. The quantitative estimate of drug-likeness (QED) is 0.696. The van der Waals surface area contributed by atoms with Crippen LogP contribution in [0, 0.1) is 0 Å². The first-order valence-electron chi connectivity index (χ1n) is 6.87. The van der Waals surface area contributed by atoms with Gasteiger partial charge >= 0.3 is 6.03 Å². The van der Waals surface area contributed by atoms with Crippen molar-refractivity contribution in [2.45, 2.75) is 45.4 Å². The predicted molar refractivity (Wildman–Crippen MR) is 76.7 cm³/mol. The zero-order chi connectivity index (χ0) is 13.2. The fraction of sp³-hybridized carbons (Fsp3) is 0.533. The van der Waals surface area contributed by atoms with Gasteiger partial charge < -0.3 is 5.73 Å². The molecule has 100 valence electrons.